The first-order valence-electron chi connectivity index (χ1n) is 11.4. The second kappa shape index (κ2) is 11.9. The molecule has 1 saturated heterocycles. The number of likely N-dealkylation sites (tertiary alicyclic amines) is 1. The summed E-state index contributed by atoms with van der Waals surface area (Å²) in [6, 6.07) is 14.4. The molecule has 7 nitrogen and oxygen atoms in total. The maximum absolute atomic E-state index is 12.4. The number of nitrogens with two attached hydrogens (primary N) is 1. The second-order valence-electron chi connectivity index (χ2n) is 8.16. The van der Waals surface area contributed by atoms with E-state index in [2.05, 4.69) is 20.5 Å². The van der Waals surface area contributed by atoms with E-state index in [9.17, 15) is 4.79 Å². The van der Waals surface area contributed by atoms with Crippen LogP contribution in [0.4, 0.5) is 22.9 Å². The minimum atomic E-state index is -0.361. The minimum absolute atomic E-state index is 0.307. The van der Waals surface area contributed by atoms with E-state index in [-0.39, 0.29) is 5.91 Å². The summed E-state index contributed by atoms with van der Waals surface area (Å²) in [5, 5.41) is 6.63. The standard InChI is InChI=1S/C26H27Cl2N5O2/c27-21-16-23(29)24(17-22(21)28)32-25(34)10-5-18-4-3-11-30-26(18)31-19-6-8-20(9-7-19)35-15-14-33-12-1-2-13-33/h3-11,16-17H,1-2,12-15,29H2,(H,30,31)(H,32,34)/b10-5+. The van der Waals surface area contributed by atoms with Crippen molar-refractivity contribution in [3.05, 3.63) is 76.4 Å². The summed E-state index contributed by atoms with van der Waals surface area (Å²) < 4.78 is 5.87. The number of nitrogen functional groups attached to an aromatic ring is 1. The molecular weight excluding hydrogens is 485 g/mol. The van der Waals surface area contributed by atoms with Crippen LogP contribution in [-0.2, 0) is 4.79 Å². The summed E-state index contributed by atoms with van der Waals surface area (Å²) in [6.07, 6.45) is 7.32. The Hall–Kier alpha value is -3.26. The van der Waals surface area contributed by atoms with E-state index >= 15 is 0 Å². The third kappa shape index (κ3) is 7.11. The molecule has 0 unspecified atom stereocenters. The molecule has 0 saturated carbocycles. The van der Waals surface area contributed by atoms with Crippen molar-refractivity contribution in [2.45, 2.75) is 12.8 Å². The molecular formula is C26H27Cl2N5O2. The molecule has 0 aliphatic carbocycles. The van der Waals surface area contributed by atoms with Crippen LogP contribution >= 0.6 is 23.2 Å². The van der Waals surface area contributed by atoms with Crippen LogP contribution in [0.3, 0.4) is 0 Å². The van der Waals surface area contributed by atoms with Crippen LogP contribution in [0.5, 0.6) is 5.75 Å². The average molecular weight is 512 g/mol. The molecule has 35 heavy (non-hydrogen) atoms. The number of amides is 1. The number of nitrogens with zero attached hydrogens (tertiary/aromatic N) is 2. The van der Waals surface area contributed by atoms with E-state index in [1.165, 1.54) is 31.1 Å². The number of rotatable bonds is 9. The Morgan fingerprint density at radius 1 is 1.11 bits per heavy atom. The second-order valence-corrected chi connectivity index (χ2v) is 8.98. The molecule has 0 spiro atoms. The van der Waals surface area contributed by atoms with Crippen LogP contribution in [0, 0.1) is 0 Å². The number of carbonyl (C=O) groups excluding carboxylic acids is 1. The normalized spacial score (nSPS) is 13.8. The van der Waals surface area contributed by atoms with Crippen molar-refractivity contribution in [1.82, 2.24) is 9.88 Å². The van der Waals surface area contributed by atoms with Crippen molar-refractivity contribution in [1.29, 1.82) is 0 Å². The first-order valence-corrected chi connectivity index (χ1v) is 12.1. The quantitative estimate of drug-likeness (QED) is 0.246. The molecule has 9 heteroatoms. The lowest BCUT2D eigenvalue weighted by molar-refractivity contribution is -0.111. The highest BCUT2D eigenvalue weighted by molar-refractivity contribution is 6.42. The summed E-state index contributed by atoms with van der Waals surface area (Å²) in [5.41, 5.74) is 8.23. The largest absolute Gasteiger partial charge is 0.492 e. The average Bonchev–Trinajstić information content (AvgIpc) is 3.37. The lowest BCUT2D eigenvalue weighted by Gasteiger charge is -2.15. The summed E-state index contributed by atoms with van der Waals surface area (Å²) in [6.45, 7) is 3.96. The van der Waals surface area contributed by atoms with Crippen molar-refractivity contribution in [2.24, 2.45) is 0 Å². The zero-order valence-electron chi connectivity index (χ0n) is 19.1. The Kier molecular flexibility index (Phi) is 8.47. The van der Waals surface area contributed by atoms with Gasteiger partial charge in [-0.2, -0.15) is 0 Å². The minimum Gasteiger partial charge on any atom is -0.492 e. The number of nitrogens with one attached hydrogen (secondary N) is 2. The third-order valence-corrected chi connectivity index (χ3v) is 6.32. The number of hydrogen-bond donors (Lipinski definition) is 3. The highest BCUT2D eigenvalue weighted by Crippen LogP contribution is 2.30. The third-order valence-electron chi connectivity index (χ3n) is 5.60. The van der Waals surface area contributed by atoms with E-state index in [0.717, 1.165) is 36.6 Å². The number of ether oxygens (including phenoxy) is 1. The zero-order valence-corrected chi connectivity index (χ0v) is 20.6. The fourth-order valence-electron chi connectivity index (χ4n) is 3.74. The number of hydrogen-bond acceptors (Lipinski definition) is 6. The van der Waals surface area contributed by atoms with Gasteiger partial charge in [0.15, 0.2) is 0 Å². The van der Waals surface area contributed by atoms with E-state index in [1.54, 1.807) is 18.3 Å². The Morgan fingerprint density at radius 3 is 2.63 bits per heavy atom. The van der Waals surface area contributed by atoms with Gasteiger partial charge in [-0.1, -0.05) is 23.2 Å². The summed E-state index contributed by atoms with van der Waals surface area (Å²) >= 11 is 12.0. The Bertz CT molecular complexity index is 1190. The fraction of sp³-hybridized carbons (Fsp3) is 0.231. The van der Waals surface area contributed by atoms with Gasteiger partial charge < -0.3 is 21.1 Å². The molecule has 1 aromatic heterocycles. The van der Waals surface area contributed by atoms with Gasteiger partial charge in [0, 0.05) is 30.1 Å². The molecule has 0 radical (unpaired) electrons. The maximum Gasteiger partial charge on any atom is 0.248 e. The van der Waals surface area contributed by atoms with Crippen molar-refractivity contribution < 1.29 is 9.53 Å². The van der Waals surface area contributed by atoms with Gasteiger partial charge in [-0.25, -0.2) is 4.98 Å². The predicted octanol–water partition coefficient (Wildman–Crippen LogP) is 5.84. The molecule has 4 rings (SSSR count). The lowest BCUT2D eigenvalue weighted by atomic mass is 10.2. The summed E-state index contributed by atoms with van der Waals surface area (Å²) in [7, 11) is 0. The van der Waals surface area contributed by atoms with E-state index in [4.69, 9.17) is 33.7 Å². The lowest BCUT2D eigenvalue weighted by Crippen LogP contribution is -2.25. The molecule has 2 heterocycles. The first kappa shape index (κ1) is 24.9. The van der Waals surface area contributed by atoms with Crippen molar-refractivity contribution >= 4 is 58.1 Å². The topological polar surface area (TPSA) is 92.5 Å². The Balaban J connectivity index is 1.35. The molecule has 3 aromatic rings. The van der Waals surface area contributed by atoms with Crippen LogP contribution in [0.1, 0.15) is 18.4 Å². The van der Waals surface area contributed by atoms with Gasteiger partial charge in [-0.05, 0) is 80.5 Å². The number of halogens is 2. The van der Waals surface area contributed by atoms with Gasteiger partial charge in [-0.15, -0.1) is 0 Å². The highest BCUT2D eigenvalue weighted by atomic mass is 35.5. The molecule has 182 valence electrons. The van der Waals surface area contributed by atoms with Crippen molar-refractivity contribution in [3.63, 3.8) is 0 Å². The molecule has 1 aliphatic heterocycles. The van der Waals surface area contributed by atoms with Crippen LogP contribution in [0.2, 0.25) is 10.0 Å². The molecule has 1 amide bonds. The maximum atomic E-state index is 12.4. The van der Waals surface area contributed by atoms with Gasteiger partial charge >= 0.3 is 0 Å². The molecule has 2 aromatic carbocycles. The van der Waals surface area contributed by atoms with E-state index < -0.39 is 0 Å². The van der Waals surface area contributed by atoms with Gasteiger partial charge in [0.25, 0.3) is 0 Å². The van der Waals surface area contributed by atoms with E-state index in [0.29, 0.717) is 33.8 Å². The van der Waals surface area contributed by atoms with Crippen LogP contribution < -0.4 is 21.1 Å². The smallest absolute Gasteiger partial charge is 0.248 e. The summed E-state index contributed by atoms with van der Waals surface area (Å²) in [5.74, 6) is 1.09. The van der Waals surface area contributed by atoms with Crippen LogP contribution in [-0.4, -0.2) is 42.0 Å². The van der Waals surface area contributed by atoms with Gasteiger partial charge in [0.05, 0.1) is 21.4 Å². The molecule has 4 N–H and O–H groups in total. The monoisotopic (exact) mass is 511 g/mol. The molecule has 1 fully saturated rings. The first-order chi connectivity index (χ1) is 17.0. The van der Waals surface area contributed by atoms with Crippen LogP contribution in [0.25, 0.3) is 6.08 Å². The Labute approximate surface area is 214 Å². The SMILES string of the molecule is Nc1cc(Cl)c(Cl)cc1NC(=O)/C=C/c1cccnc1Nc1ccc(OCCN2CCCC2)cc1. The Morgan fingerprint density at radius 2 is 1.86 bits per heavy atom. The zero-order chi connectivity index (χ0) is 24.6. The van der Waals surface area contributed by atoms with Crippen molar-refractivity contribution in [3.8, 4) is 5.75 Å². The van der Waals surface area contributed by atoms with Gasteiger partial charge in [-0.3, -0.25) is 9.69 Å². The van der Waals surface area contributed by atoms with Gasteiger partial charge in [0.1, 0.15) is 18.2 Å². The summed E-state index contributed by atoms with van der Waals surface area (Å²) in [4.78, 5) is 19.3. The van der Waals surface area contributed by atoms with Crippen LogP contribution in [0.15, 0.2) is 60.8 Å². The van der Waals surface area contributed by atoms with Crippen molar-refractivity contribution in [2.75, 3.05) is 42.6 Å². The number of anilines is 4. The predicted molar refractivity (Wildman–Crippen MR) is 144 cm³/mol. The molecule has 0 atom stereocenters. The number of benzene rings is 2. The molecule has 0 bridgehead atoms. The van der Waals surface area contributed by atoms with E-state index in [1.807, 2.05) is 30.3 Å². The number of aromatic nitrogens is 1. The number of pyridine rings is 1. The highest BCUT2D eigenvalue weighted by Gasteiger charge is 2.11. The van der Waals surface area contributed by atoms with Gasteiger partial charge in [0.2, 0.25) is 5.91 Å². The fourth-order valence-corrected chi connectivity index (χ4v) is 4.07. The number of carbonyl (C=O) groups is 1. The molecule has 1 aliphatic rings.